The van der Waals surface area contributed by atoms with E-state index in [1.54, 1.807) is 0 Å². The van der Waals surface area contributed by atoms with E-state index in [9.17, 15) is 0 Å². The maximum atomic E-state index is 6.47. The second-order valence-electron chi connectivity index (χ2n) is 11.4. The number of imidazole rings is 1. The van der Waals surface area contributed by atoms with Crippen molar-refractivity contribution in [2.75, 3.05) is 0 Å². The second kappa shape index (κ2) is 10.0. The van der Waals surface area contributed by atoms with E-state index in [1.807, 2.05) is 54.5 Å². The third-order valence-corrected chi connectivity index (χ3v) is 8.94. The van der Waals surface area contributed by atoms with E-state index in [2.05, 4.69) is 105 Å². The molecule has 0 aliphatic rings. The molecule has 6 nitrogen and oxygen atoms in total. The SMILES string of the molecule is Cn1ccnc1-c1[c-]c2c(cc1)c1ccccc1n2-c1[c-]c2c(cc1)c1ccccc1n2-c1nccc2c1oc1ccccc12.[Pt+2]. The van der Waals surface area contributed by atoms with Gasteiger partial charge in [-0.2, -0.15) is 6.07 Å². The minimum absolute atomic E-state index is 0. The van der Waals surface area contributed by atoms with Gasteiger partial charge in [0.2, 0.25) is 0 Å². The van der Waals surface area contributed by atoms with Crippen LogP contribution in [-0.2, 0) is 28.1 Å². The van der Waals surface area contributed by atoms with Crippen molar-refractivity contribution >= 4 is 65.6 Å². The van der Waals surface area contributed by atoms with Gasteiger partial charge in [-0.3, -0.25) is 4.98 Å². The van der Waals surface area contributed by atoms with Crippen molar-refractivity contribution in [3.05, 3.63) is 134 Å². The third kappa shape index (κ3) is 3.68. The molecule has 0 aliphatic heterocycles. The molecule has 0 spiro atoms. The van der Waals surface area contributed by atoms with Crippen molar-refractivity contribution in [2.24, 2.45) is 7.05 Å². The number of aromatic nitrogens is 5. The monoisotopic (exact) mass is 772 g/mol. The van der Waals surface area contributed by atoms with Crippen LogP contribution in [0.5, 0.6) is 0 Å². The predicted molar refractivity (Wildman–Crippen MR) is 180 cm³/mol. The Morgan fingerprint density at radius 1 is 0.587 bits per heavy atom. The van der Waals surface area contributed by atoms with Crippen molar-refractivity contribution in [1.82, 2.24) is 23.7 Å². The zero-order chi connectivity index (χ0) is 29.6. The van der Waals surface area contributed by atoms with Crippen molar-refractivity contribution in [1.29, 1.82) is 0 Å². The molecule has 0 saturated carbocycles. The molecule has 0 unspecified atom stereocenters. The Bertz CT molecular complexity index is 2800. The van der Waals surface area contributed by atoms with E-state index < -0.39 is 0 Å². The Hall–Kier alpha value is -5.45. The maximum absolute atomic E-state index is 6.47. The number of para-hydroxylation sites is 3. The quantitative estimate of drug-likeness (QED) is 0.169. The van der Waals surface area contributed by atoms with Gasteiger partial charge in [-0.05, 0) is 40.6 Å². The molecule has 7 heteroatoms. The number of nitrogens with zero attached hydrogens (tertiary/aromatic N) is 5. The molecule has 0 radical (unpaired) electrons. The summed E-state index contributed by atoms with van der Waals surface area (Å²) in [5.74, 6) is 1.62. The Labute approximate surface area is 277 Å². The van der Waals surface area contributed by atoms with Crippen LogP contribution in [0.1, 0.15) is 0 Å². The number of aryl methyl sites for hydroxylation is 1. The summed E-state index contributed by atoms with van der Waals surface area (Å²) >= 11 is 0. The topological polar surface area (TPSA) is 53.7 Å². The third-order valence-electron chi connectivity index (χ3n) is 8.94. The summed E-state index contributed by atoms with van der Waals surface area (Å²) in [4.78, 5) is 9.51. The van der Waals surface area contributed by atoms with Gasteiger partial charge in [-0.1, -0.05) is 71.2 Å². The number of hydrogen-bond acceptors (Lipinski definition) is 3. The molecule has 0 bridgehead atoms. The zero-order valence-corrected chi connectivity index (χ0v) is 26.8. The number of benzene rings is 5. The number of rotatable bonds is 3. The van der Waals surface area contributed by atoms with Crippen LogP contribution in [0.4, 0.5) is 0 Å². The molecule has 220 valence electrons. The summed E-state index contributed by atoms with van der Waals surface area (Å²) < 4.78 is 12.9. The zero-order valence-electron chi connectivity index (χ0n) is 24.5. The van der Waals surface area contributed by atoms with Gasteiger partial charge in [0, 0.05) is 47.4 Å². The first-order valence-corrected chi connectivity index (χ1v) is 14.9. The smallest absolute Gasteiger partial charge is 0.452 e. The van der Waals surface area contributed by atoms with Crippen LogP contribution in [0.2, 0.25) is 0 Å². The van der Waals surface area contributed by atoms with Crippen LogP contribution >= 0.6 is 0 Å². The molecule has 10 rings (SSSR count). The van der Waals surface area contributed by atoms with Crippen molar-refractivity contribution < 1.29 is 25.5 Å². The Morgan fingerprint density at radius 3 is 2.02 bits per heavy atom. The van der Waals surface area contributed by atoms with E-state index in [4.69, 9.17) is 9.40 Å². The van der Waals surface area contributed by atoms with Gasteiger partial charge in [-0.25, -0.2) is 4.98 Å². The summed E-state index contributed by atoms with van der Waals surface area (Å²) in [6.45, 7) is 0. The summed E-state index contributed by atoms with van der Waals surface area (Å²) in [6, 6.07) is 43.3. The molecule has 0 aliphatic carbocycles. The first kappa shape index (κ1) is 26.9. The van der Waals surface area contributed by atoms with Crippen LogP contribution in [0, 0.1) is 12.1 Å². The first-order chi connectivity index (χ1) is 22.2. The minimum Gasteiger partial charge on any atom is -0.452 e. The molecular weight excluding hydrogens is 750 g/mol. The fourth-order valence-electron chi connectivity index (χ4n) is 6.93. The molecule has 5 aromatic carbocycles. The van der Waals surface area contributed by atoms with Crippen molar-refractivity contribution in [2.45, 2.75) is 0 Å². The van der Waals surface area contributed by atoms with E-state index in [1.165, 1.54) is 0 Å². The summed E-state index contributed by atoms with van der Waals surface area (Å²) in [5, 5.41) is 6.64. The van der Waals surface area contributed by atoms with Crippen LogP contribution in [-0.4, -0.2) is 23.7 Å². The molecule has 46 heavy (non-hydrogen) atoms. The van der Waals surface area contributed by atoms with Gasteiger partial charge >= 0.3 is 21.1 Å². The van der Waals surface area contributed by atoms with E-state index in [0.29, 0.717) is 0 Å². The average molecular weight is 773 g/mol. The fraction of sp³-hybridized carbons (Fsp3) is 0.0256. The summed E-state index contributed by atoms with van der Waals surface area (Å²) in [7, 11) is 2.01. The number of furan rings is 1. The fourth-order valence-corrected chi connectivity index (χ4v) is 6.93. The van der Waals surface area contributed by atoms with Crippen molar-refractivity contribution in [3.63, 3.8) is 0 Å². The van der Waals surface area contributed by atoms with E-state index in [-0.39, 0.29) is 21.1 Å². The minimum atomic E-state index is 0. The summed E-state index contributed by atoms with van der Waals surface area (Å²) in [6.07, 6.45) is 5.64. The molecule has 0 amide bonds. The first-order valence-electron chi connectivity index (χ1n) is 14.9. The second-order valence-corrected chi connectivity index (χ2v) is 11.4. The molecule has 0 atom stereocenters. The molecule has 10 aromatic rings. The molecular formula is C39H23N5OPt. The molecule has 0 fully saturated rings. The molecule has 0 saturated heterocycles. The van der Waals surface area contributed by atoms with Gasteiger partial charge < -0.3 is 18.1 Å². The normalized spacial score (nSPS) is 11.8. The van der Waals surface area contributed by atoms with Gasteiger partial charge in [0.1, 0.15) is 5.58 Å². The Balaban J connectivity index is 0.00000292. The van der Waals surface area contributed by atoms with Crippen molar-refractivity contribution in [3.8, 4) is 22.9 Å². The summed E-state index contributed by atoms with van der Waals surface area (Å²) in [5.41, 5.74) is 7.51. The maximum Gasteiger partial charge on any atom is 2.00 e. The molecule has 0 N–H and O–H groups in total. The molecule has 5 heterocycles. The Kier molecular flexibility index (Phi) is 5.87. The average Bonchev–Trinajstić information content (AvgIpc) is 3.84. The number of pyridine rings is 1. The van der Waals surface area contributed by atoms with E-state index >= 15 is 0 Å². The van der Waals surface area contributed by atoms with Crippen LogP contribution in [0.15, 0.2) is 126 Å². The van der Waals surface area contributed by atoms with E-state index in [0.717, 1.165) is 88.4 Å². The largest absolute Gasteiger partial charge is 2.00 e. The molecule has 5 aromatic heterocycles. The van der Waals surface area contributed by atoms with Gasteiger partial charge in [0.05, 0.1) is 5.82 Å². The van der Waals surface area contributed by atoms with Gasteiger partial charge in [0.15, 0.2) is 11.4 Å². The van der Waals surface area contributed by atoms with Crippen LogP contribution < -0.4 is 0 Å². The Morgan fingerprint density at radius 2 is 1.26 bits per heavy atom. The van der Waals surface area contributed by atoms with Crippen LogP contribution in [0.3, 0.4) is 0 Å². The van der Waals surface area contributed by atoms with Gasteiger partial charge in [0.25, 0.3) is 0 Å². The number of hydrogen-bond donors (Lipinski definition) is 0. The number of fused-ring (bicyclic) bond motifs is 9. The van der Waals surface area contributed by atoms with Crippen LogP contribution in [0.25, 0.3) is 88.4 Å². The predicted octanol–water partition coefficient (Wildman–Crippen LogP) is 9.17. The standard InChI is InChI=1S/C39H23N5O.Pt/c1-42-21-20-41-38(42)24-14-16-28-26-8-2-5-11-32(26)43(34(28)22-24)25-15-17-29-27-9-3-6-12-33(27)44(35(29)23-25)39-37-31(18-19-40-39)30-10-4-7-13-36(30)45-37;/h2-21H,1H3;/q-2;+2. The van der Waals surface area contributed by atoms with Gasteiger partial charge in [-0.15, -0.1) is 41.3 Å².